The van der Waals surface area contributed by atoms with Crippen molar-refractivity contribution in [3.05, 3.63) is 39.3 Å². The summed E-state index contributed by atoms with van der Waals surface area (Å²) in [4.78, 5) is 17.0. The Hall–Kier alpha value is -1.78. The van der Waals surface area contributed by atoms with E-state index in [1.807, 2.05) is 0 Å². The molecule has 3 nitrogen and oxygen atoms in total. The van der Waals surface area contributed by atoms with Crippen LogP contribution in [-0.4, -0.2) is 9.97 Å². The number of aryl methyl sites for hydroxylation is 1. The Bertz CT molecular complexity index is 604. The molecule has 2 aromatic rings. The second-order valence-electron chi connectivity index (χ2n) is 3.39. The normalized spacial score (nSPS) is 10.9. The number of fused-ring (bicyclic) bond motifs is 1. The van der Waals surface area contributed by atoms with Crippen LogP contribution in [0.3, 0.4) is 0 Å². The smallest absolute Gasteiger partial charge is 0.252 e. The molecule has 2 heterocycles. The molecule has 0 bridgehead atoms. The molecule has 0 atom stereocenters. The third-order valence-corrected chi connectivity index (χ3v) is 2.29. The molecule has 0 spiro atoms. The Morgan fingerprint density at radius 3 is 2.67 bits per heavy atom. The predicted molar refractivity (Wildman–Crippen MR) is 51.8 cm³/mol. The molecule has 0 aliphatic carbocycles. The maximum Gasteiger partial charge on any atom is 0.252 e. The molecular formula is C10H8F2N2O. The number of nitrogens with zero attached hydrogens (tertiary/aromatic N) is 1. The summed E-state index contributed by atoms with van der Waals surface area (Å²) in [5, 5.41) is 0.131. The Kier molecular flexibility index (Phi) is 2.03. The summed E-state index contributed by atoms with van der Waals surface area (Å²) in [7, 11) is 0. The first kappa shape index (κ1) is 9.76. The van der Waals surface area contributed by atoms with E-state index in [1.165, 1.54) is 13.0 Å². The van der Waals surface area contributed by atoms with Gasteiger partial charge in [0.15, 0.2) is 0 Å². The molecule has 0 saturated carbocycles. The van der Waals surface area contributed by atoms with Crippen LogP contribution >= 0.6 is 0 Å². The highest BCUT2D eigenvalue weighted by molar-refractivity contribution is 5.76. The molecule has 0 radical (unpaired) electrons. The molecule has 78 valence electrons. The quantitative estimate of drug-likeness (QED) is 0.674. The van der Waals surface area contributed by atoms with Crippen LogP contribution < -0.4 is 5.56 Å². The van der Waals surface area contributed by atoms with E-state index < -0.39 is 17.3 Å². The lowest BCUT2D eigenvalue weighted by Crippen LogP contribution is -2.11. The molecule has 1 N–H and O–H groups in total. The van der Waals surface area contributed by atoms with E-state index in [4.69, 9.17) is 0 Å². The molecule has 0 aliphatic heterocycles. The van der Waals surface area contributed by atoms with Crippen molar-refractivity contribution in [1.82, 2.24) is 9.97 Å². The molecule has 0 aliphatic rings. The third-order valence-electron chi connectivity index (χ3n) is 2.29. The van der Waals surface area contributed by atoms with Gasteiger partial charge in [-0.1, -0.05) is 0 Å². The van der Waals surface area contributed by atoms with Gasteiger partial charge in [-0.25, -0.2) is 9.37 Å². The van der Waals surface area contributed by atoms with Crippen LogP contribution in [0.4, 0.5) is 8.78 Å². The van der Waals surface area contributed by atoms with E-state index in [9.17, 15) is 13.6 Å². The third kappa shape index (κ3) is 1.40. The minimum atomic E-state index is -0.903. The van der Waals surface area contributed by atoms with Crippen LogP contribution in [0, 0.1) is 25.6 Å². The lowest BCUT2D eigenvalue weighted by Gasteiger charge is -2.03. The fraction of sp³-hybridized carbons (Fsp3) is 0.200. The van der Waals surface area contributed by atoms with Crippen LogP contribution in [-0.2, 0) is 0 Å². The van der Waals surface area contributed by atoms with Crippen LogP contribution in [0.2, 0.25) is 0 Å². The lowest BCUT2D eigenvalue weighted by atomic mass is 10.2. The molecule has 5 heteroatoms. The maximum absolute atomic E-state index is 13.6. The SMILES string of the molecule is Cc1c(F)nc2[nH]c(=O)c(C)cc2c1F. The number of aromatic amines is 1. The van der Waals surface area contributed by atoms with Crippen molar-refractivity contribution in [3.8, 4) is 0 Å². The Morgan fingerprint density at radius 1 is 1.33 bits per heavy atom. The van der Waals surface area contributed by atoms with E-state index >= 15 is 0 Å². The first-order chi connectivity index (χ1) is 7.00. The van der Waals surface area contributed by atoms with E-state index in [1.54, 1.807) is 6.92 Å². The first-order valence-electron chi connectivity index (χ1n) is 4.36. The van der Waals surface area contributed by atoms with Gasteiger partial charge < -0.3 is 4.98 Å². The van der Waals surface area contributed by atoms with Gasteiger partial charge in [-0.15, -0.1) is 0 Å². The molecule has 0 amide bonds. The Labute approximate surface area is 83.8 Å². The number of nitrogens with one attached hydrogen (secondary N) is 1. The van der Waals surface area contributed by atoms with Crippen molar-refractivity contribution in [1.29, 1.82) is 0 Å². The first-order valence-corrected chi connectivity index (χ1v) is 4.36. The molecule has 2 aromatic heterocycles. The standard InChI is InChI=1S/C10H8F2N2O/c1-4-3-6-7(11)5(2)8(12)13-9(6)14-10(4)15/h3H,1-2H3,(H,13,14,15). The maximum atomic E-state index is 13.6. The topological polar surface area (TPSA) is 45.8 Å². The summed E-state index contributed by atoms with van der Waals surface area (Å²) >= 11 is 0. The zero-order valence-electron chi connectivity index (χ0n) is 8.19. The molecule has 2 rings (SSSR count). The second-order valence-corrected chi connectivity index (χ2v) is 3.39. The van der Waals surface area contributed by atoms with E-state index in [0.29, 0.717) is 5.56 Å². The van der Waals surface area contributed by atoms with E-state index in [-0.39, 0.29) is 16.6 Å². The Morgan fingerprint density at radius 2 is 2.00 bits per heavy atom. The molecular weight excluding hydrogens is 202 g/mol. The van der Waals surface area contributed by atoms with Crippen LogP contribution in [0.5, 0.6) is 0 Å². The van der Waals surface area contributed by atoms with Gasteiger partial charge in [0.05, 0.1) is 5.39 Å². The molecule has 0 fully saturated rings. The zero-order valence-corrected chi connectivity index (χ0v) is 8.19. The number of aromatic nitrogens is 2. The highest BCUT2D eigenvalue weighted by atomic mass is 19.1. The number of hydrogen-bond acceptors (Lipinski definition) is 2. The van der Waals surface area contributed by atoms with Crippen molar-refractivity contribution in [3.63, 3.8) is 0 Å². The summed E-state index contributed by atoms with van der Waals surface area (Å²) in [5.74, 6) is -1.59. The lowest BCUT2D eigenvalue weighted by molar-refractivity contribution is 0.546. The van der Waals surface area contributed by atoms with Gasteiger partial charge >= 0.3 is 0 Å². The number of rotatable bonds is 0. The van der Waals surface area contributed by atoms with Crippen molar-refractivity contribution in [2.24, 2.45) is 0 Å². The van der Waals surface area contributed by atoms with Gasteiger partial charge in [-0.05, 0) is 19.9 Å². The number of H-pyrrole nitrogens is 1. The molecule has 15 heavy (non-hydrogen) atoms. The molecule has 0 aromatic carbocycles. The number of hydrogen-bond donors (Lipinski definition) is 1. The van der Waals surface area contributed by atoms with Gasteiger partial charge in [0.2, 0.25) is 5.95 Å². The summed E-state index contributed by atoms with van der Waals surface area (Å²) in [5.41, 5.74) is -0.230. The average Bonchev–Trinajstić information content (AvgIpc) is 2.19. The summed E-state index contributed by atoms with van der Waals surface area (Å²) in [6.45, 7) is 2.86. The van der Waals surface area contributed by atoms with Crippen molar-refractivity contribution in [2.45, 2.75) is 13.8 Å². The van der Waals surface area contributed by atoms with Gasteiger partial charge in [0.25, 0.3) is 5.56 Å². The molecule has 0 unspecified atom stereocenters. The largest absolute Gasteiger partial charge is 0.306 e. The highest BCUT2D eigenvalue weighted by Gasteiger charge is 2.12. The van der Waals surface area contributed by atoms with Crippen molar-refractivity contribution >= 4 is 11.0 Å². The monoisotopic (exact) mass is 210 g/mol. The second kappa shape index (κ2) is 3.12. The van der Waals surface area contributed by atoms with Crippen LogP contribution in [0.25, 0.3) is 11.0 Å². The fourth-order valence-electron chi connectivity index (χ4n) is 1.35. The summed E-state index contributed by atoms with van der Waals surface area (Å²) in [6.07, 6.45) is 0. The van der Waals surface area contributed by atoms with Gasteiger partial charge in [-0.2, -0.15) is 4.39 Å². The minimum Gasteiger partial charge on any atom is -0.306 e. The number of halogens is 2. The van der Waals surface area contributed by atoms with Gasteiger partial charge in [0.1, 0.15) is 11.5 Å². The highest BCUT2D eigenvalue weighted by Crippen LogP contribution is 2.18. The van der Waals surface area contributed by atoms with Crippen molar-refractivity contribution < 1.29 is 8.78 Å². The number of pyridine rings is 2. The Balaban J connectivity index is 2.99. The van der Waals surface area contributed by atoms with Gasteiger partial charge in [-0.3, -0.25) is 4.79 Å². The van der Waals surface area contributed by atoms with Gasteiger partial charge in [0, 0.05) is 11.1 Å². The molecule has 0 saturated heterocycles. The minimum absolute atomic E-state index is 0.0637. The summed E-state index contributed by atoms with van der Waals surface area (Å²) < 4.78 is 26.6. The van der Waals surface area contributed by atoms with E-state index in [2.05, 4.69) is 9.97 Å². The fourth-order valence-corrected chi connectivity index (χ4v) is 1.35. The average molecular weight is 210 g/mol. The van der Waals surface area contributed by atoms with Crippen LogP contribution in [0.15, 0.2) is 10.9 Å². The van der Waals surface area contributed by atoms with E-state index in [0.717, 1.165) is 0 Å². The van der Waals surface area contributed by atoms with Crippen LogP contribution in [0.1, 0.15) is 11.1 Å². The predicted octanol–water partition coefficient (Wildman–Crippen LogP) is 1.82. The zero-order chi connectivity index (χ0) is 11.2. The summed E-state index contributed by atoms with van der Waals surface area (Å²) in [6, 6.07) is 1.36. The van der Waals surface area contributed by atoms with Crippen molar-refractivity contribution in [2.75, 3.05) is 0 Å².